The maximum atomic E-state index is 10.4. The van der Waals surface area contributed by atoms with E-state index in [2.05, 4.69) is 20.2 Å². The Balaban J connectivity index is 0.00000128. The van der Waals surface area contributed by atoms with Crippen LogP contribution in [0.5, 0.6) is 0 Å². The van der Waals surface area contributed by atoms with Gasteiger partial charge in [0.15, 0.2) is 5.82 Å². The molecule has 0 saturated heterocycles. The molecule has 0 radical (unpaired) electrons. The molecule has 0 aliphatic carbocycles. The van der Waals surface area contributed by atoms with E-state index in [1.807, 2.05) is 0 Å². The number of nitrogens with zero attached hydrogens (tertiary/aromatic N) is 4. The monoisotopic (exact) mass is 224 g/mol. The average Bonchev–Trinajstić information content (AvgIpc) is 2.30. The number of rotatable bonds is 2. The molecule has 0 bridgehead atoms. The molecule has 0 aliphatic rings. The standard InChI is InChI=1S/C9H6N4O2.Na/c14-9(15)7-3-10-8(11-4-7)6-1-2-12-13-5-6;/h1-5H,(H,14,15);/q;+1/p-1. The van der Waals surface area contributed by atoms with Gasteiger partial charge in [-0.25, -0.2) is 9.97 Å². The van der Waals surface area contributed by atoms with Crippen molar-refractivity contribution in [1.29, 1.82) is 0 Å². The minimum atomic E-state index is -1.30. The topological polar surface area (TPSA) is 91.7 Å². The Kier molecular flexibility index (Phi) is 4.48. The number of carbonyl (C=O) groups excluding carboxylic acids is 1. The van der Waals surface area contributed by atoms with Gasteiger partial charge in [0.25, 0.3) is 0 Å². The molecule has 0 unspecified atom stereocenters. The summed E-state index contributed by atoms with van der Waals surface area (Å²) in [5.74, 6) is -0.899. The molecule has 7 heteroatoms. The molecule has 74 valence electrons. The second-order valence-electron chi connectivity index (χ2n) is 2.71. The van der Waals surface area contributed by atoms with Gasteiger partial charge in [-0.1, -0.05) is 0 Å². The van der Waals surface area contributed by atoms with Crippen molar-refractivity contribution >= 4 is 5.97 Å². The van der Waals surface area contributed by atoms with E-state index in [-0.39, 0.29) is 35.1 Å². The van der Waals surface area contributed by atoms with Crippen LogP contribution in [0, 0.1) is 0 Å². The number of carboxylic acid groups (broad SMARTS) is 1. The molecule has 0 atom stereocenters. The van der Waals surface area contributed by atoms with Gasteiger partial charge < -0.3 is 9.90 Å². The molecule has 0 N–H and O–H groups in total. The second-order valence-corrected chi connectivity index (χ2v) is 2.71. The largest absolute Gasteiger partial charge is 1.00 e. The van der Waals surface area contributed by atoms with Crippen molar-refractivity contribution in [1.82, 2.24) is 20.2 Å². The van der Waals surface area contributed by atoms with Gasteiger partial charge in [-0.05, 0) is 6.07 Å². The Labute approximate surface area is 113 Å². The summed E-state index contributed by atoms with van der Waals surface area (Å²) in [4.78, 5) is 18.2. The number of hydrogen-bond donors (Lipinski definition) is 0. The molecule has 2 aromatic heterocycles. The zero-order chi connectivity index (χ0) is 10.7. The molecule has 0 aliphatic heterocycles. The van der Waals surface area contributed by atoms with Crippen molar-refractivity contribution in [3.63, 3.8) is 0 Å². The Morgan fingerprint density at radius 3 is 2.31 bits per heavy atom. The van der Waals surface area contributed by atoms with Crippen LogP contribution in [0.1, 0.15) is 10.4 Å². The normalized spacial score (nSPS) is 9.25. The van der Waals surface area contributed by atoms with Crippen LogP contribution in [0.4, 0.5) is 0 Å². The summed E-state index contributed by atoms with van der Waals surface area (Å²) in [5, 5.41) is 17.7. The first-order valence-electron chi connectivity index (χ1n) is 4.08. The number of carboxylic acids is 1. The van der Waals surface area contributed by atoms with Crippen LogP contribution < -0.4 is 34.7 Å². The predicted molar refractivity (Wildman–Crippen MR) is 47.4 cm³/mol. The van der Waals surface area contributed by atoms with E-state index in [4.69, 9.17) is 0 Å². The second kappa shape index (κ2) is 5.64. The Morgan fingerprint density at radius 2 is 1.81 bits per heavy atom. The minimum absolute atomic E-state index is 0. The first-order chi connectivity index (χ1) is 7.27. The number of aromatic nitrogens is 4. The fourth-order valence-electron chi connectivity index (χ4n) is 1.01. The van der Waals surface area contributed by atoms with Gasteiger partial charge in [-0.3, -0.25) is 0 Å². The van der Waals surface area contributed by atoms with E-state index in [0.717, 1.165) is 0 Å². The van der Waals surface area contributed by atoms with Crippen LogP contribution >= 0.6 is 0 Å². The van der Waals surface area contributed by atoms with Crippen molar-refractivity contribution < 1.29 is 39.5 Å². The Bertz CT molecular complexity index is 475. The molecular formula is C9H5N4NaO2. The minimum Gasteiger partial charge on any atom is -0.545 e. The summed E-state index contributed by atoms with van der Waals surface area (Å²) in [6.07, 6.45) is 5.38. The molecule has 2 rings (SSSR count). The van der Waals surface area contributed by atoms with Gasteiger partial charge in [-0.15, -0.1) is 0 Å². The van der Waals surface area contributed by atoms with Gasteiger partial charge in [-0.2, -0.15) is 10.2 Å². The average molecular weight is 224 g/mol. The summed E-state index contributed by atoms with van der Waals surface area (Å²) >= 11 is 0. The van der Waals surface area contributed by atoms with Crippen molar-refractivity contribution in [3.05, 3.63) is 36.4 Å². The third kappa shape index (κ3) is 2.82. The number of carbonyl (C=O) groups is 1. The molecule has 16 heavy (non-hydrogen) atoms. The van der Waals surface area contributed by atoms with E-state index in [1.165, 1.54) is 24.8 Å². The molecule has 0 aromatic carbocycles. The van der Waals surface area contributed by atoms with Crippen molar-refractivity contribution in [2.75, 3.05) is 0 Å². The van der Waals surface area contributed by atoms with E-state index in [1.54, 1.807) is 6.07 Å². The maximum absolute atomic E-state index is 10.4. The first kappa shape index (κ1) is 12.7. The number of hydrogen-bond acceptors (Lipinski definition) is 6. The van der Waals surface area contributed by atoms with Crippen molar-refractivity contribution in [2.45, 2.75) is 0 Å². The zero-order valence-corrected chi connectivity index (χ0v) is 10.5. The van der Waals surface area contributed by atoms with E-state index < -0.39 is 5.97 Å². The van der Waals surface area contributed by atoms with E-state index in [0.29, 0.717) is 11.4 Å². The van der Waals surface area contributed by atoms with Gasteiger partial charge >= 0.3 is 29.6 Å². The molecular weight excluding hydrogens is 219 g/mol. The fourth-order valence-corrected chi connectivity index (χ4v) is 1.01. The summed E-state index contributed by atoms with van der Waals surface area (Å²) in [7, 11) is 0. The van der Waals surface area contributed by atoms with E-state index in [9.17, 15) is 9.90 Å². The van der Waals surface area contributed by atoms with Gasteiger partial charge in [0.05, 0.1) is 18.4 Å². The molecule has 0 spiro atoms. The van der Waals surface area contributed by atoms with Crippen LogP contribution in [0.25, 0.3) is 11.4 Å². The maximum Gasteiger partial charge on any atom is 1.00 e. The Hall–Kier alpha value is -1.37. The number of aromatic carboxylic acids is 1. The summed E-state index contributed by atoms with van der Waals surface area (Å²) in [6, 6.07) is 1.68. The van der Waals surface area contributed by atoms with Crippen LogP contribution in [0.15, 0.2) is 30.9 Å². The summed E-state index contributed by atoms with van der Waals surface area (Å²) in [6.45, 7) is 0. The van der Waals surface area contributed by atoms with Crippen LogP contribution in [-0.4, -0.2) is 26.1 Å². The van der Waals surface area contributed by atoms with Gasteiger partial charge in [0, 0.05) is 23.5 Å². The summed E-state index contributed by atoms with van der Waals surface area (Å²) < 4.78 is 0. The van der Waals surface area contributed by atoms with Crippen LogP contribution in [0.3, 0.4) is 0 Å². The predicted octanol–water partition coefficient (Wildman–Crippen LogP) is -3.70. The molecule has 0 amide bonds. The molecule has 0 fully saturated rings. The first-order valence-corrected chi connectivity index (χ1v) is 4.08. The zero-order valence-electron chi connectivity index (χ0n) is 8.49. The molecule has 0 saturated carbocycles. The van der Waals surface area contributed by atoms with Crippen molar-refractivity contribution in [3.8, 4) is 11.4 Å². The third-order valence-electron chi connectivity index (χ3n) is 1.73. The van der Waals surface area contributed by atoms with Crippen molar-refractivity contribution in [2.24, 2.45) is 0 Å². The Morgan fingerprint density at radius 1 is 1.12 bits per heavy atom. The summed E-state index contributed by atoms with van der Waals surface area (Å²) in [5.41, 5.74) is 0.621. The van der Waals surface area contributed by atoms with E-state index >= 15 is 0 Å². The molecule has 2 heterocycles. The smallest absolute Gasteiger partial charge is 0.545 e. The quantitative estimate of drug-likeness (QED) is 0.487. The molecule has 2 aromatic rings. The third-order valence-corrected chi connectivity index (χ3v) is 1.73. The van der Waals surface area contributed by atoms with Crippen LogP contribution in [-0.2, 0) is 0 Å². The van der Waals surface area contributed by atoms with Gasteiger partial charge in [0.2, 0.25) is 0 Å². The van der Waals surface area contributed by atoms with Crippen LogP contribution in [0.2, 0.25) is 0 Å². The van der Waals surface area contributed by atoms with Gasteiger partial charge in [0.1, 0.15) is 0 Å². The molecule has 6 nitrogen and oxygen atoms in total. The SMILES string of the molecule is O=C([O-])c1cnc(-c2ccnnc2)nc1.[Na+]. The fraction of sp³-hybridized carbons (Fsp3) is 0.